The Bertz CT molecular complexity index is 1160. The molecule has 176 valence electrons. The Labute approximate surface area is 208 Å². The van der Waals surface area contributed by atoms with Gasteiger partial charge in [-0.05, 0) is 75.0 Å². The predicted octanol–water partition coefficient (Wildman–Crippen LogP) is 2.77. The largest absolute Gasteiger partial charge is 0.497 e. The molecule has 0 saturated carbocycles. The molecule has 0 bridgehead atoms. The molecule has 4 rings (SSSR count). The van der Waals surface area contributed by atoms with Gasteiger partial charge in [0, 0.05) is 11.8 Å². The van der Waals surface area contributed by atoms with Gasteiger partial charge in [-0.15, -0.1) is 0 Å². The molecule has 9 heteroatoms. The lowest BCUT2D eigenvalue weighted by atomic mass is 9.80. The minimum atomic E-state index is -1.43. The Kier molecular flexibility index (Phi) is 10.9. The molecule has 4 aromatic rings. The average Bonchev–Trinajstić information content (AvgIpc) is 2.85. The summed E-state index contributed by atoms with van der Waals surface area (Å²) in [6, 6.07) is 26.2. The number of hydrogen-bond acceptors (Lipinski definition) is 6. The molecule has 1 aromatic heterocycles. The fourth-order valence-electron chi connectivity index (χ4n) is 2.79. The van der Waals surface area contributed by atoms with Crippen molar-refractivity contribution >= 4 is 34.2 Å². The van der Waals surface area contributed by atoms with E-state index in [-0.39, 0.29) is 0 Å². The number of aromatic nitrogens is 1. The molecule has 0 atom stereocenters. The summed E-state index contributed by atoms with van der Waals surface area (Å²) in [6.45, 7) is 0. The molecule has 0 radical (unpaired) electrons. The number of nitrogen functional groups attached to an aromatic ring is 2. The lowest BCUT2D eigenvalue weighted by Gasteiger charge is -2.05. The third-order valence-corrected chi connectivity index (χ3v) is 4.94. The van der Waals surface area contributed by atoms with Crippen molar-refractivity contribution in [1.82, 2.24) is 0 Å². The molecule has 0 spiro atoms. The van der Waals surface area contributed by atoms with E-state index in [9.17, 15) is 0 Å². The number of nitrogens with zero attached hydrogens (tertiary/aromatic N) is 1. The molecule has 3 aromatic carbocycles. The van der Waals surface area contributed by atoms with Gasteiger partial charge in [0.2, 0.25) is 6.20 Å². The van der Waals surface area contributed by atoms with E-state index in [2.05, 4.69) is 15.9 Å². The van der Waals surface area contributed by atoms with E-state index in [1.165, 1.54) is 11.8 Å². The summed E-state index contributed by atoms with van der Waals surface area (Å²) >= 11 is 3.26. The molecule has 0 aliphatic rings. The topological polar surface area (TPSA) is 115 Å². The van der Waals surface area contributed by atoms with E-state index in [4.69, 9.17) is 31.1 Å². The molecule has 0 amide bonds. The van der Waals surface area contributed by atoms with Crippen molar-refractivity contribution in [2.45, 2.75) is 0 Å². The van der Waals surface area contributed by atoms with Gasteiger partial charge in [0.25, 0.3) is 0 Å². The number of hydrogen-bond donors (Lipinski definition) is 4. The minimum absolute atomic E-state index is 0.435. The maximum atomic E-state index is 8.74. The van der Waals surface area contributed by atoms with Crippen molar-refractivity contribution in [3.8, 4) is 22.6 Å². The number of methoxy groups -OCH3 is 2. The highest BCUT2D eigenvalue weighted by Crippen LogP contribution is 2.24. The molecular weight excluding hydrogens is 497 g/mol. The highest BCUT2D eigenvalue weighted by atomic mass is 79.9. The van der Waals surface area contributed by atoms with E-state index in [1.54, 1.807) is 43.8 Å². The van der Waals surface area contributed by atoms with Crippen LogP contribution >= 0.6 is 15.9 Å². The number of halogens is 1. The smallest absolute Gasteiger partial charge is 0.488 e. The molecule has 0 unspecified atom stereocenters. The normalized spacial score (nSPS) is 9.56. The highest BCUT2D eigenvalue weighted by molar-refractivity contribution is 9.10. The van der Waals surface area contributed by atoms with Gasteiger partial charge in [0.1, 0.15) is 11.5 Å². The van der Waals surface area contributed by atoms with E-state index in [0.29, 0.717) is 11.2 Å². The minimum Gasteiger partial charge on any atom is -0.497 e. The van der Waals surface area contributed by atoms with E-state index >= 15 is 0 Å². The maximum absolute atomic E-state index is 8.74. The first kappa shape index (κ1) is 26.7. The van der Waals surface area contributed by atoms with Gasteiger partial charge in [-0.2, -0.15) is 0 Å². The number of benzene rings is 3. The quantitative estimate of drug-likeness (QED) is 0.141. The number of rotatable bonds is 4. The zero-order chi connectivity index (χ0) is 24.9. The Morgan fingerprint density at radius 1 is 0.794 bits per heavy atom. The van der Waals surface area contributed by atoms with Gasteiger partial charge in [0.15, 0.2) is 6.20 Å². The molecule has 0 aliphatic heterocycles. The van der Waals surface area contributed by atoms with Crippen LogP contribution in [0.2, 0.25) is 0 Å². The van der Waals surface area contributed by atoms with Gasteiger partial charge < -0.3 is 25.3 Å². The lowest BCUT2D eigenvalue weighted by molar-refractivity contribution is -0.639. The molecule has 0 saturated heterocycles. The summed E-state index contributed by atoms with van der Waals surface area (Å²) < 4.78 is 12.5. The van der Waals surface area contributed by atoms with Crippen LogP contribution in [0.3, 0.4) is 0 Å². The third-order valence-electron chi connectivity index (χ3n) is 4.47. The van der Waals surface area contributed by atoms with Crippen LogP contribution in [0.25, 0.3) is 11.1 Å². The van der Waals surface area contributed by atoms with Crippen LogP contribution in [0.5, 0.6) is 11.5 Å². The molecule has 34 heavy (non-hydrogen) atoms. The summed E-state index contributed by atoms with van der Waals surface area (Å²) in [5.41, 5.74) is 9.16. The van der Waals surface area contributed by atoms with Crippen LogP contribution in [-0.2, 0) is 0 Å². The van der Waals surface area contributed by atoms with Crippen LogP contribution in [0, 0.1) is 0 Å². The monoisotopic (exact) mass is 524 g/mol. The molecular formula is C25H28BBrN3O4+. The van der Waals surface area contributed by atoms with Crippen molar-refractivity contribution in [3.63, 3.8) is 0 Å². The Hall–Kier alpha value is -3.53. The van der Waals surface area contributed by atoms with E-state index < -0.39 is 7.12 Å². The first-order valence-corrected chi connectivity index (χ1v) is 11.0. The van der Waals surface area contributed by atoms with Gasteiger partial charge in [-0.25, -0.2) is 5.84 Å². The van der Waals surface area contributed by atoms with Crippen molar-refractivity contribution in [1.29, 1.82) is 0 Å². The van der Waals surface area contributed by atoms with Gasteiger partial charge in [0.05, 0.1) is 18.7 Å². The number of ether oxygens (including phenoxy) is 2. The van der Waals surface area contributed by atoms with Crippen LogP contribution in [-0.4, -0.2) is 31.4 Å². The molecule has 7 nitrogen and oxygen atoms in total. The highest BCUT2D eigenvalue weighted by Gasteiger charge is 2.10. The standard InChI is InChI=1S/C13H13NO.C7H9BO3.C5H6BrN2/c1-15-13-7-3-5-11(9-13)10-4-2-6-12(14)8-10;1-11-7-4-2-3-6(5-7)8(9)10;6-5-2-1-3-8(7)4-5/h2-9H,14H2,1H3;2-5,9-10H,1H3;1-4H,7H2/q;;+1. The Morgan fingerprint density at radius 3 is 1.91 bits per heavy atom. The Balaban J connectivity index is 0.000000190. The van der Waals surface area contributed by atoms with Crippen molar-refractivity contribution < 1.29 is 24.2 Å². The second-order valence-electron chi connectivity index (χ2n) is 6.98. The molecule has 0 fully saturated rings. The summed E-state index contributed by atoms with van der Waals surface area (Å²) in [5.74, 6) is 6.82. The second-order valence-corrected chi connectivity index (χ2v) is 7.89. The SMILES string of the molecule is COc1cccc(-c2cccc(N)c2)c1.COc1cccc(B(O)O)c1.N[n+]1cccc(Br)c1. The van der Waals surface area contributed by atoms with Crippen molar-refractivity contribution in [2.75, 3.05) is 25.8 Å². The van der Waals surface area contributed by atoms with E-state index in [0.717, 1.165) is 27.0 Å². The second kappa shape index (κ2) is 13.9. The zero-order valence-corrected chi connectivity index (χ0v) is 20.6. The number of pyridine rings is 1. The van der Waals surface area contributed by atoms with Crippen LogP contribution < -0.4 is 31.2 Å². The summed E-state index contributed by atoms with van der Waals surface area (Å²) in [6.07, 6.45) is 3.55. The van der Waals surface area contributed by atoms with Crippen LogP contribution in [0.15, 0.2) is 102 Å². The number of nitrogens with two attached hydrogens (primary N) is 2. The maximum Gasteiger partial charge on any atom is 0.488 e. The molecule has 0 aliphatic carbocycles. The zero-order valence-electron chi connectivity index (χ0n) is 19.0. The number of anilines is 1. The van der Waals surface area contributed by atoms with Gasteiger partial charge in [-0.3, -0.25) is 0 Å². The Morgan fingerprint density at radius 2 is 1.38 bits per heavy atom. The van der Waals surface area contributed by atoms with Crippen molar-refractivity contribution in [2.24, 2.45) is 0 Å². The van der Waals surface area contributed by atoms with Gasteiger partial charge in [-0.1, -0.05) is 41.1 Å². The fourth-order valence-corrected chi connectivity index (χ4v) is 3.17. The summed E-state index contributed by atoms with van der Waals surface area (Å²) in [4.78, 5) is 0. The summed E-state index contributed by atoms with van der Waals surface area (Å²) in [7, 11) is 1.77. The first-order chi connectivity index (χ1) is 16.3. The van der Waals surface area contributed by atoms with Gasteiger partial charge >= 0.3 is 7.12 Å². The molecule has 1 heterocycles. The van der Waals surface area contributed by atoms with E-state index in [1.807, 2.05) is 60.7 Å². The van der Waals surface area contributed by atoms with Crippen LogP contribution in [0.1, 0.15) is 0 Å². The first-order valence-electron chi connectivity index (χ1n) is 10.2. The summed E-state index contributed by atoms with van der Waals surface area (Å²) in [5, 5.41) is 17.5. The third kappa shape index (κ3) is 9.15. The molecule has 6 N–H and O–H groups in total. The lowest BCUT2D eigenvalue weighted by Crippen LogP contribution is -2.43. The van der Waals surface area contributed by atoms with Crippen LogP contribution in [0.4, 0.5) is 5.69 Å². The van der Waals surface area contributed by atoms with Crippen molar-refractivity contribution in [3.05, 3.63) is 102 Å². The average molecular weight is 525 g/mol. The fraction of sp³-hybridized carbons (Fsp3) is 0.0800. The predicted molar refractivity (Wildman–Crippen MR) is 140 cm³/mol.